The van der Waals surface area contributed by atoms with Gasteiger partial charge in [-0.2, -0.15) is 5.10 Å². The molecule has 1 aliphatic heterocycles. The molecule has 2 saturated carbocycles. The predicted molar refractivity (Wildman–Crippen MR) is 127 cm³/mol. The number of pyridine rings is 1. The summed E-state index contributed by atoms with van der Waals surface area (Å²) in [6, 6.07) is 2.03. The van der Waals surface area contributed by atoms with Gasteiger partial charge in [-0.05, 0) is 37.2 Å². The third kappa shape index (κ3) is 5.10. The van der Waals surface area contributed by atoms with E-state index in [1.165, 1.54) is 30.4 Å². The van der Waals surface area contributed by atoms with Crippen molar-refractivity contribution in [3.05, 3.63) is 17.4 Å². The van der Waals surface area contributed by atoms with Crippen LogP contribution in [0.2, 0.25) is 5.15 Å². The second kappa shape index (κ2) is 9.21. The van der Waals surface area contributed by atoms with Crippen molar-refractivity contribution in [1.29, 1.82) is 0 Å². The topological polar surface area (TPSA) is 184 Å². The number of aliphatic hydroxyl groups is 2. The number of ether oxygens (including phenoxy) is 1. The molecule has 194 valence electrons. The number of sulfone groups is 1. The zero-order chi connectivity index (χ0) is 25.1. The Morgan fingerprint density at radius 2 is 1.97 bits per heavy atom. The highest BCUT2D eigenvalue weighted by Gasteiger charge is 2.47. The normalized spacial score (nSPS) is 33.5. The van der Waals surface area contributed by atoms with Gasteiger partial charge in [0.15, 0.2) is 27.2 Å². The molecule has 0 radical (unpaired) electrons. The molecular weight excluding hydrogens is 523 g/mol. The molecule has 0 aromatic carbocycles. The highest BCUT2D eigenvalue weighted by atomic mass is 35.5. The fraction of sp³-hybridized carbons (Fsp3) is 0.700. The Morgan fingerprint density at radius 1 is 1.20 bits per heavy atom. The molecule has 5 rings (SSSR count). The van der Waals surface area contributed by atoms with Crippen LogP contribution in [0.5, 0.6) is 0 Å². The zero-order valence-corrected chi connectivity index (χ0v) is 21.1. The molecule has 0 spiro atoms. The minimum Gasteiger partial charge on any atom is -0.387 e. The average molecular weight is 551 g/mol. The molecule has 5 N–H and O–H groups in total. The molecule has 3 heterocycles. The number of hydrogen-bond acceptors (Lipinski definition) is 9. The maximum absolute atomic E-state index is 12.2. The highest BCUT2D eigenvalue weighted by molar-refractivity contribution is 7.97. The van der Waals surface area contributed by atoms with E-state index in [2.05, 4.69) is 15.4 Å². The van der Waals surface area contributed by atoms with Gasteiger partial charge in [0.05, 0.1) is 23.0 Å². The number of nitrogens with zero attached hydrogens (tertiary/aromatic N) is 3. The van der Waals surface area contributed by atoms with Gasteiger partial charge in [-0.15, -0.1) is 0 Å². The van der Waals surface area contributed by atoms with Crippen molar-refractivity contribution in [1.82, 2.24) is 14.8 Å². The Balaban J connectivity index is 1.39. The van der Waals surface area contributed by atoms with Crippen molar-refractivity contribution >= 4 is 45.8 Å². The van der Waals surface area contributed by atoms with Gasteiger partial charge in [-0.1, -0.05) is 24.4 Å². The van der Waals surface area contributed by atoms with Crippen molar-refractivity contribution in [2.45, 2.75) is 62.7 Å². The third-order valence-corrected chi connectivity index (χ3v) is 11.3. The summed E-state index contributed by atoms with van der Waals surface area (Å²) >= 11 is 6.30. The summed E-state index contributed by atoms with van der Waals surface area (Å²) in [5.74, 6) is 0.473. The number of aliphatic hydroxyl groups excluding tert-OH is 2. The lowest BCUT2D eigenvalue weighted by Gasteiger charge is -2.22. The maximum Gasteiger partial charge on any atom is 0.340 e. The Kier molecular flexibility index (Phi) is 6.67. The molecule has 2 aromatic rings. The van der Waals surface area contributed by atoms with Gasteiger partial charge >= 0.3 is 7.60 Å². The van der Waals surface area contributed by atoms with Gasteiger partial charge in [0.2, 0.25) is 0 Å². The molecule has 3 fully saturated rings. The number of aromatic nitrogens is 3. The molecule has 0 bridgehead atoms. The van der Waals surface area contributed by atoms with Gasteiger partial charge in [0.1, 0.15) is 23.5 Å². The smallest absolute Gasteiger partial charge is 0.340 e. The average Bonchev–Trinajstić information content (AvgIpc) is 3.49. The number of rotatable bonds is 7. The van der Waals surface area contributed by atoms with Crippen LogP contribution >= 0.6 is 19.2 Å². The monoisotopic (exact) mass is 550 g/mol. The van der Waals surface area contributed by atoms with E-state index in [0.717, 1.165) is 18.0 Å². The minimum atomic E-state index is -4.84. The van der Waals surface area contributed by atoms with Gasteiger partial charge in [0.25, 0.3) is 0 Å². The lowest BCUT2D eigenvalue weighted by molar-refractivity contribution is -0.0364. The molecule has 12 nitrogen and oxygen atoms in total. The first-order valence-electron chi connectivity index (χ1n) is 11.5. The van der Waals surface area contributed by atoms with Gasteiger partial charge < -0.3 is 30.1 Å². The minimum absolute atomic E-state index is 0.191. The fourth-order valence-corrected chi connectivity index (χ4v) is 9.30. The zero-order valence-electron chi connectivity index (χ0n) is 18.6. The largest absolute Gasteiger partial charge is 0.387 e. The van der Waals surface area contributed by atoms with Crippen LogP contribution in [0.25, 0.3) is 11.0 Å². The molecule has 1 saturated heterocycles. The van der Waals surface area contributed by atoms with Crippen molar-refractivity contribution in [2.75, 3.05) is 16.6 Å². The van der Waals surface area contributed by atoms with Crippen LogP contribution < -0.4 is 5.32 Å². The fourth-order valence-electron chi connectivity index (χ4n) is 5.86. The summed E-state index contributed by atoms with van der Waals surface area (Å²) in [6.07, 6.45) is 1.61. The molecule has 3 aliphatic rings. The molecule has 3 unspecified atom stereocenters. The molecular formula is C20H28ClN4O8PS. The van der Waals surface area contributed by atoms with E-state index in [0.29, 0.717) is 17.3 Å². The summed E-state index contributed by atoms with van der Waals surface area (Å²) in [5.41, 5.74) is -0.346. The molecule has 2 aliphatic carbocycles. The second-order valence-corrected chi connectivity index (χ2v) is 14.3. The van der Waals surface area contributed by atoms with Crippen LogP contribution in [0.15, 0.2) is 12.3 Å². The third-order valence-electron chi connectivity index (χ3n) is 7.32. The first kappa shape index (κ1) is 25.3. The summed E-state index contributed by atoms with van der Waals surface area (Å²) in [4.78, 5) is 22.3. The quantitative estimate of drug-likeness (QED) is 0.247. The molecule has 2 aromatic heterocycles. The highest BCUT2D eigenvalue weighted by Crippen LogP contribution is 2.46. The van der Waals surface area contributed by atoms with Crippen molar-refractivity contribution in [2.24, 2.45) is 11.8 Å². The number of fused-ring (bicyclic) bond motifs is 2. The molecule has 7 atom stereocenters. The van der Waals surface area contributed by atoms with Gasteiger partial charge in [-0.3, -0.25) is 4.57 Å². The Labute approximate surface area is 206 Å². The molecule has 15 heteroatoms. The molecule has 0 amide bonds. The number of hydrogen-bond donors (Lipinski definition) is 5. The van der Waals surface area contributed by atoms with Crippen molar-refractivity contribution in [3.63, 3.8) is 0 Å². The maximum atomic E-state index is 12.2. The predicted octanol–water partition coefficient (Wildman–Crippen LogP) is 1.24. The number of anilines is 1. The van der Waals surface area contributed by atoms with Gasteiger partial charge in [-0.25, -0.2) is 18.1 Å². The van der Waals surface area contributed by atoms with Crippen molar-refractivity contribution < 1.29 is 37.7 Å². The first-order chi connectivity index (χ1) is 16.4. The SMILES string of the molecule is O=P(O)(O)CS(=O)(=O)C[C@H]1O[C@@H](n2ncc3c(NC4CCC5CCCC54)cc(Cl)nc32)[C@H](O)[C@@H]1O. The summed E-state index contributed by atoms with van der Waals surface area (Å²) in [7, 11) is -9.13. The van der Waals surface area contributed by atoms with E-state index in [9.17, 15) is 23.2 Å². The van der Waals surface area contributed by atoms with E-state index in [1.807, 2.05) is 0 Å². The van der Waals surface area contributed by atoms with Crippen LogP contribution in [0.1, 0.15) is 38.3 Å². The van der Waals surface area contributed by atoms with Crippen LogP contribution in [0.3, 0.4) is 0 Å². The van der Waals surface area contributed by atoms with Crippen molar-refractivity contribution in [3.8, 4) is 0 Å². The van der Waals surface area contributed by atoms with Gasteiger partial charge in [0, 0.05) is 6.04 Å². The second-order valence-electron chi connectivity index (χ2n) is 9.75. The lowest BCUT2D eigenvalue weighted by Crippen LogP contribution is -2.36. The Hall–Kier alpha value is -1.31. The van der Waals surface area contributed by atoms with Crippen LogP contribution in [-0.4, -0.2) is 78.8 Å². The van der Waals surface area contributed by atoms with E-state index in [-0.39, 0.29) is 10.8 Å². The summed E-state index contributed by atoms with van der Waals surface area (Å²) in [5, 5.41) is 29.7. The van der Waals surface area contributed by atoms with E-state index < -0.39 is 53.2 Å². The molecule has 35 heavy (non-hydrogen) atoms. The van der Waals surface area contributed by atoms with Crippen LogP contribution in [0, 0.1) is 11.8 Å². The number of halogens is 1. The Bertz CT molecular complexity index is 1270. The summed E-state index contributed by atoms with van der Waals surface area (Å²) < 4.78 is 42.3. The Morgan fingerprint density at radius 3 is 2.71 bits per heavy atom. The van der Waals surface area contributed by atoms with E-state index in [1.54, 1.807) is 12.3 Å². The van der Waals surface area contributed by atoms with Crippen LogP contribution in [0.4, 0.5) is 5.69 Å². The first-order valence-corrected chi connectivity index (χ1v) is 15.5. The van der Waals surface area contributed by atoms with E-state index >= 15 is 0 Å². The van der Waals surface area contributed by atoms with E-state index in [4.69, 9.17) is 26.1 Å². The standard InChI is InChI=1S/C20H28ClN4O8PS/c21-16-6-14(23-13-5-4-10-2-1-3-11(10)13)12-7-22-25(19(12)24-16)20-18(27)17(26)15(33-20)8-35(31,32)9-34(28,29)30/h6-7,10-11,13,15,17-18,20,26-27H,1-5,8-9H2,(H,23,24)(H2,28,29,30)/t10?,11?,13?,15-,17-,18-,20-/m1/s1. The van der Waals surface area contributed by atoms with Crippen LogP contribution in [-0.2, 0) is 19.1 Å². The summed E-state index contributed by atoms with van der Waals surface area (Å²) in [6.45, 7) is 0. The number of nitrogens with one attached hydrogen (secondary N) is 1. The lowest BCUT2D eigenvalue weighted by atomic mass is 9.97.